The van der Waals surface area contributed by atoms with Gasteiger partial charge in [-0.3, -0.25) is 4.89 Å². The molecule has 0 amide bonds. The van der Waals surface area contributed by atoms with Crippen LogP contribution in [0.5, 0.6) is 5.75 Å². The van der Waals surface area contributed by atoms with Gasteiger partial charge >= 0.3 is 5.97 Å². The predicted molar refractivity (Wildman–Crippen MR) is 58.8 cm³/mol. The van der Waals surface area contributed by atoms with Crippen LogP contribution in [-0.2, 0) is 9.68 Å². The molecule has 4 heteroatoms. The third-order valence-corrected chi connectivity index (χ3v) is 1.79. The molecule has 0 heterocycles. The molecular formula is C12H14O4. The Morgan fingerprint density at radius 2 is 2.06 bits per heavy atom. The lowest BCUT2D eigenvalue weighted by atomic mass is 10.3. The molecule has 0 unspecified atom stereocenters. The maximum atomic E-state index is 11.2. The van der Waals surface area contributed by atoms with Crippen LogP contribution in [0.1, 0.15) is 19.8 Å². The molecule has 1 aromatic carbocycles. The van der Waals surface area contributed by atoms with Crippen molar-refractivity contribution >= 4 is 5.97 Å². The zero-order chi connectivity index (χ0) is 11.8. The van der Waals surface area contributed by atoms with Crippen molar-refractivity contribution in [3.05, 3.63) is 42.2 Å². The molecule has 1 aromatic rings. The van der Waals surface area contributed by atoms with E-state index in [0.29, 0.717) is 12.2 Å². The summed E-state index contributed by atoms with van der Waals surface area (Å²) >= 11 is 0. The largest absolute Gasteiger partial charge is 0.502 e. The number of hydrogen-bond acceptors (Lipinski definition) is 4. The Kier molecular flexibility index (Phi) is 4.92. The topological polar surface area (TPSA) is 55.8 Å². The number of aliphatic hydroxyl groups excluding tert-OH is 1. The third-order valence-electron chi connectivity index (χ3n) is 1.79. The molecule has 1 rings (SSSR count). The van der Waals surface area contributed by atoms with Crippen LogP contribution in [0.15, 0.2) is 42.2 Å². The lowest BCUT2D eigenvalue weighted by Crippen LogP contribution is -2.10. The number of aliphatic hydroxyl groups is 1. The van der Waals surface area contributed by atoms with Crippen molar-refractivity contribution in [2.24, 2.45) is 0 Å². The Morgan fingerprint density at radius 3 is 2.69 bits per heavy atom. The van der Waals surface area contributed by atoms with Gasteiger partial charge in [-0.25, -0.2) is 9.68 Å². The van der Waals surface area contributed by atoms with E-state index >= 15 is 0 Å². The van der Waals surface area contributed by atoms with E-state index in [0.717, 1.165) is 6.42 Å². The smallest absolute Gasteiger partial charge is 0.419 e. The summed E-state index contributed by atoms with van der Waals surface area (Å²) in [5.41, 5.74) is 0. The van der Waals surface area contributed by atoms with Gasteiger partial charge in [0.25, 0.3) is 0 Å². The van der Waals surface area contributed by atoms with Crippen LogP contribution < -0.4 is 4.89 Å². The molecule has 0 saturated carbocycles. The molecule has 0 fully saturated rings. The first-order valence-corrected chi connectivity index (χ1v) is 5.07. The Labute approximate surface area is 94.0 Å². The molecule has 0 aliphatic carbocycles. The summed E-state index contributed by atoms with van der Waals surface area (Å²) in [7, 11) is 0. The minimum Gasteiger partial charge on any atom is -0.502 e. The number of rotatable bonds is 5. The minimum absolute atomic E-state index is 0.402. The Balaban J connectivity index is 2.41. The van der Waals surface area contributed by atoms with Crippen molar-refractivity contribution < 1.29 is 19.7 Å². The minimum atomic E-state index is -0.891. The molecule has 86 valence electrons. The highest BCUT2D eigenvalue weighted by molar-refractivity contribution is 5.85. The van der Waals surface area contributed by atoms with Crippen molar-refractivity contribution in [3.63, 3.8) is 0 Å². The maximum Gasteiger partial charge on any atom is 0.419 e. The van der Waals surface area contributed by atoms with Crippen LogP contribution >= 0.6 is 0 Å². The van der Waals surface area contributed by atoms with Gasteiger partial charge in [-0.05, 0) is 24.6 Å². The standard InChI is InChI=1S/C12H14O4/c1-2-3-9-11(13)12(14)16-15-10-7-5-4-6-8-10/h4-9,13H,2-3H2,1H3. The monoisotopic (exact) mass is 222 g/mol. The van der Waals surface area contributed by atoms with Gasteiger partial charge in [0, 0.05) is 0 Å². The van der Waals surface area contributed by atoms with Crippen LogP contribution in [0, 0.1) is 0 Å². The molecule has 0 aliphatic heterocycles. The summed E-state index contributed by atoms with van der Waals surface area (Å²) in [6.07, 6.45) is 2.86. The van der Waals surface area contributed by atoms with Gasteiger partial charge in [-0.15, -0.1) is 0 Å². The highest BCUT2D eigenvalue weighted by Crippen LogP contribution is 2.09. The number of benzene rings is 1. The van der Waals surface area contributed by atoms with Crippen molar-refractivity contribution in [2.45, 2.75) is 19.8 Å². The van der Waals surface area contributed by atoms with E-state index in [-0.39, 0.29) is 0 Å². The number of para-hydroxylation sites is 1. The Morgan fingerprint density at radius 1 is 1.38 bits per heavy atom. The second kappa shape index (κ2) is 6.50. The fourth-order valence-corrected chi connectivity index (χ4v) is 0.969. The van der Waals surface area contributed by atoms with Crippen LogP contribution in [0.2, 0.25) is 0 Å². The Hall–Kier alpha value is -1.97. The predicted octanol–water partition coefficient (Wildman–Crippen LogP) is 2.77. The molecule has 0 radical (unpaired) electrons. The summed E-state index contributed by atoms with van der Waals surface area (Å²) in [4.78, 5) is 20.3. The van der Waals surface area contributed by atoms with Crippen molar-refractivity contribution in [2.75, 3.05) is 0 Å². The SMILES string of the molecule is CCCC=C(O)C(=O)OOc1ccccc1. The average Bonchev–Trinajstić information content (AvgIpc) is 2.34. The molecule has 4 nitrogen and oxygen atoms in total. The molecule has 16 heavy (non-hydrogen) atoms. The summed E-state index contributed by atoms with van der Waals surface area (Å²) < 4.78 is 0. The van der Waals surface area contributed by atoms with E-state index in [4.69, 9.17) is 4.89 Å². The third kappa shape index (κ3) is 4.04. The van der Waals surface area contributed by atoms with E-state index < -0.39 is 11.7 Å². The molecule has 0 aromatic heterocycles. The van der Waals surface area contributed by atoms with E-state index in [1.807, 2.05) is 13.0 Å². The molecular weight excluding hydrogens is 208 g/mol. The summed E-state index contributed by atoms with van der Waals surface area (Å²) in [5, 5.41) is 9.23. The fraction of sp³-hybridized carbons (Fsp3) is 0.250. The van der Waals surface area contributed by atoms with E-state index in [1.165, 1.54) is 6.08 Å². The summed E-state index contributed by atoms with van der Waals surface area (Å²) in [6, 6.07) is 8.58. The van der Waals surface area contributed by atoms with Crippen LogP contribution in [0.3, 0.4) is 0 Å². The van der Waals surface area contributed by atoms with Gasteiger partial charge in [-0.2, -0.15) is 0 Å². The van der Waals surface area contributed by atoms with Gasteiger partial charge in [-0.1, -0.05) is 31.5 Å². The lowest BCUT2D eigenvalue weighted by Gasteiger charge is -2.03. The molecule has 0 atom stereocenters. The number of allylic oxidation sites excluding steroid dienone is 1. The van der Waals surface area contributed by atoms with E-state index in [9.17, 15) is 9.90 Å². The molecule has 1 N–H and O–H groups in total. The van der Waals surface area contributed by atoms with Crippen molar-refractivity contribution in [1.29, 1.82) is 0 Å². The highest BCUT2D eigenvalue weighted by atomic mass is 17.2. The normalized spacial score (nSPS) is 10.9. The number of hydrogen-bond donors (Lipinski definition) is 1. The lowest BCUT2D eigenvalue weighted by molar-refractivity contribution is -0.211. The van der Waals surface area contributed by atoms with Gasteiger partial charge in [0.1, 0.15) is 0 Å². The van der Waals surface area contributed by atoms with Crippen molar-refractivity contribution in [1.82, 2.24) is 0 Å². The summed E-state index contributed by atoms with van der Waals surface area (Å²) in [5.74, 6) is -0.922. The second-order valence-electron chi connectivity index (χ2n) is 3.15. The first-order chi connectivity index (χ1) is 7.74. The first kappa shape index (κ1) is 12.1. The quantitative estimate of drug-likeness (QED) is 0.360. The van der Waals surface area contributed by atoms with Crippen molar-refractivity contribution in [3.8, 4) is 5.75 Å². The highest BCUT2D eigenvalue weighted by Gasteiger charge is 2.10. The average molecular weight is 222 g/mol. The number of carbonyl (C=O) groups is 1. The molecule has 0 spiro atoms. The number of unbranched alkanes of at least 4 members (excludes halogenated alkanes) is 1. The van der Waals surface area contributed by atoms with E-state index in [2.05, 4.69) is 4.89 Å². The zero-order valence-electron chi connectivity index (χ0n) is 9.05. The van der Waals surface area contributed by atoms with E-state index in [1.54, 1.807) is 24.3 Å². The van der Waals surface area contributed by atoms with Crippen LogP contribution in [0.25, 0.3) is 0 Å². The van der Waals surface area contributed by atoms with Crippen LogP contribution in [-0.4, -0.2) is 11.1 Å². The first-order valence-electron chi connectivity index (χ1n) is 5.07. The van der Waals surface area contributed by atoms with Gasteiger partial charge in [0.2, 0.25) is 5.76 Å². The molecule has 0 saturated heterocycles. The number of carbonyl (C=O) groups excluding carboxylic acids is 1. The molecule has 0 bridgehead atoms. The molecule has 0 aliphatic rings. The summed E-state index contributed by atoms with van der Waals surface area (Å²) in [6.45, 7) is 1.94. The van der Waals surface area contributed by atoms with Gasteiger partial charge in [0.15, 0.2) is 5.75 Å². The zero-order valence-corrected chi connectivity index (χ0v) is 9.05. The maximum absolute atomic E-state index is 11.2. The second-order valence-corrected chi connectivity index (χ2v) is 3.15. The van der Waals surface area contributed by atoms with Crippen LogP contribution in [0.4, 0.5) is 0 Å². The van der Waals surface area contributed by atoms with Gasteiger partial charge in [0.05, 0.1) is 0 Å². The van der Waals surface area contributed by atoms with Gasteiger partial charge < -0.3 is 5.11 Å². The fourth-order valence-electron chi connectivity index (χ4n) is 0.969. The Bertz CT molecular complexity index is 357.